The third kappa shape index (κ3) is 3.57. The van der Waals surface area contributed by atoms with Gasteiger partial charge in [0.15, 0.2) is 0 Å². The van der Waals surface area contributed by atoms with Crippen LogP contribution in [0.1, 0.15) is 18.1 Å². The number of amides is 1. The van der Waals surface area contributed by atoms with E-state index in [0.717, 1.165) is 6.54 Å². The second-order valence-corrected chi connectivity index (χ2v) is 4.98. The Balaban J connectivity index is 2.16. The summed E-state index contributed by atoms with van der Waals surface area (Å²) in [5.41, 5.74) is 0.488. The summed E-state index contributed by atoms with van der Waals surface area (Å²) in [6, 6.07) is 6.31. The quantitative estimate of drug-likeness (QED) is 0.852. The van der Waals surface area contributed by atoms with Crippen LogP contribution in [0.2, 0.25) is 0 Å². The van der Waals surface area contributed by atoms with E-state index in [9.17, 15) is 9.18 Å². The Morgan fingerprint density at radius 1 is 1.62 bits per heavy atom. The lowest BCUT2D eigenvalue weighted by Crippen LogP contribution is -2.57. The molecule has 1 aliphatic rings. The normalized spacial score (nSPS) is 19.0. The van der Waals surface area contributed by atoms with Gasteiger partial charge in [-0.1, -0.05) is 12.1 Å². The fourth-order valence-corrected chi connectivity index (χ4v) is 2.49. The van der Waals surface area contributed by atoms with Gasteiger partial charge in [-0.05, 0) is 13.0 Å². The van der Waals surface area contributed by atoms with Crippen molar-refractivity contribution in [2.24, 2.45) is 0 Å². The lowest BCUT2D eigenvalue weighted by Gasteiger charge is -2.35. The average Bonchev–Trinajstić information content (AvgIpc) is 2.50. The third-order valence-electron chi connectivity index (χ3n) is 3.58. The maximum Gasteiger partial charge on any atom is 0.238 e. The molecule has 5 nitrogen and oxygen atoms in total. The molecule has 6 heteroatoms. The highest BCUT2D eigenvalue weighted by Crippen LogP contribution is 2.16. The summed E-state index contributed by atoms with van der Waals surface area (Å²) >= 11 is 0. The molecule has 0 bridgehead atoms. The zero-order valence-electron chi connectivity index (χ0n) is 12.0. The van der Waals surface area contributed by atoms with E-state index in [-0.39, 0.29) is 17.5 Å². The van der Waals surface area contributed by atoms with E-state index in [4.69, 9.17) is 5.26 Å². The summed E-state index contributed by atoms with van der Waals surface area (Å²) in [6.45, 7) is 4.74. The molecule has 1 atom stereocenters. The monoisotopic (exact) mass is 290 g/mol. The summed E-state index contributed by atoms with van der Waals surface area (Å²) in [7, 11) is 0. The van der Waals surface area contributed by atoms with E-state index in [1.54, 1.807) is 12.1 Å². The predicted octanol–water partition coefficient (Wildman–Crippen LogP) is 0.607. The average molecular weight is 290 g/mol. The van der Waals surface area contributed by atoms with Gasteiger partial charge in [-0.15, -0.1) is 0 Å². The molecule has 112 valence electrons. The molecule has 1 fully saturated rings. The van der Waals surface area contributed by atoms with Gasteiger partial charge in [-0.3, -0.25) is 9.69 Å². The van der Waals surface area contributed by atoms with E-state index in [1.807, 2.05) is 17.9 Å². The topological polar surface area (TPSA) is 68.2 Å². The number of hydrogen-bond donors (Lipinski definition) is 2. The molecule has 1 heterocycles. The number of halogens is 1. The maximum absolute atomic E-state index is 14.1. The number of nitriles is 1. The molecule has 0 radical (unpaired) electrons. The minimum absolute atomic E-state index is 0.0391. The highest BCUT2D eigenvalue weighted by molar-refractivity contribution is 5.82. The first-order valence-electron chi connectivity index (χ1n) is 7.07. The van der Waals surface area contributed by atoms with Crippen LogP contribution in [0, 0.1) is 17.1 Å². The number of carbonyl (C=O) groups is 1. The molecule has 1 aromatic rings. The van der Waals surface area contributed by atoms with Gasteiger partial charge >= 0.3 is 0 Å². The number of nitrogens with zero attached hydrogens (tertiary/aromatic N) is 2. The molecular formula is C15H19FN4O. The van der Waals surface area contributed by atoms with Crippen LogP contribution in [0.5, 0.6) is 0 Å². The lowest BCUT2D eigenvalue weighted by atomic mass is 10.1. The number of nitrogens with one attached hydrogen (secondary N) is 2. The van der Waals surface area contributed by atoms with Crippen molar-refractivity contribution < 1.29 is 9.18 Å². The van der Waals surface area contributed by atoms with Crippen molar-refractivity contribution in [1.82, 2.24) is 15.5 Å². The highest BCUT2D eigenvalue weighted by Gasteiger charge is 2.28. The van der Waals surface area contributed by atoms with Gasteiger partial charge in [-0.2, -0.15) is 5.26 Å². The minimum atomic E-state index is -0.492. The Hall–Kier alpha value is -1.97. The van der Waals surface area contributed by atoms with Crippen LogP contribution in [-0.4, -0.2) is 43.0 Å². The standard InChI is InChI=1S/C15H19FN4O/c1-2-19-15(21)13-9-18-6-7-20(13)10-12-5-3-4-11(8-17)14(12)16/h3-5,13,18H,2,6-7,9-10H2,1H3,(H,19,21). The van der Waals surface area contributed by atoms with Crippen LogP contribution in [-0.2, 0) is 11.3 Å². The molecule has 1 saturated heterocycles. The largest absolute Gasteiger partial charge is 0.355 e. The fraction of sp³-hybridized carbons (Fsp3) is 0.467. The van der Waals surface area contributed by atoms with Crippen molar-refractivity contribution in [3.63, 3.8) is 0 Å². The SMILES string of the molecule is CCNC(=O)C1CNCCN1Cc1cccc(C#N)c1F. The predicted molar refractivity (Wildman–Crippen MR) is 76.9 cm³/mol. The first-order chi connectivity index (χ1) is 10.2. The Morgan fingerprint density at radius 3 is 3.14 bits per heavy atom. The fourth-order valence-electron chi connectivity index (χ4n) is 2.49. The zero-order valence-corrected chi connectivity index (χ0v) is 12.0. The molecule has 1 amide bonds. The van der Waals surface area contributed by atoms with Crippen LogP contribution in [0.3, 0.4) is 0 Å². The van der Waals surface area contributed by atoms with Crippen LogP contribution < -0.4 is 10.6 Å². The lowest BCUT2D eigenvalue weighted by molar-refractivity contribution is -0.127. The molecule has 0 spiro atoms. The highest BCUT2D eigenvalue weighted by atomic mass is 19.1. The number of hydrogen-bond acceptors (Lipinski definition) is 4. The van der Waals surface area contributed by atoms with Crippen LogP contribution in [0.25, 0.3) is 0 Å². The number of likely N-dealkylation sites (N-methyl/N-ethyl adjacent to an activating group) is 1. The number of carbonyl (C=O) groups excluding carboxylic acids is 1. The first kappa shape index (κ1) is 15.4. The van der Waals surface area contributed by atoms with Crippen molar-refractivity contribution >= 4 is 5.91 Å². The van der Waals surface area contributed by atoms with E-state index < -0.39 is 5.82 Å². The van der Waals surface area contributed by atoms with Crippen molar-refractivity contribution in [3.8, 4) is 6.07 Å². The van der Waals surface area contributed by atoms with Gasteiger partial charge in [0.05, 0.1) is 5.56 Å². The van der Waals surface area contributed by atoms with Gasteiger partial charge < -0.3 is 10.6 Å². The maximum atomic E-state index is 14.1. The summed E-state index contributed by atoms with van der Waals surface area (Å²) < 4.78 is 14.1. The Kier molecular flexibility index (Phi) is 5.26. The summed E-state index contributed by atoms with van der Waals surface area (Å²) in [5.74, 6) is -0.547. The molecule has 21 heavy (non-hydrogen) atoms. The van der Waals surface area contributed by atoms with Crippen LogP contribution >= 0.6 is 0 Å². The molecule has 0 aromatic heterocycles. The van der Waals surface area contributed by atoms with Gasteiger partial charge in [0.25, 0.3) is 0 Å². The van der Waals surface area contributed by atoms with E-state index >= 15 is 0 Å². The van der Waals surface area contributed by atoms with Crippen molar-refractivity contribution in [3.05, 3.63) is 35.1 Å². The summed E-state index contributed by atoms with van der Waals surface area (Å²) in [4.78, 5) is 14.0. The van der Waals surface area contributed by atoms with Gasteiger partial charge in [0, 0.05) is 38.3 Å². The van der Waals surface area contributed by atoms with E-state index in [0.29, 0.717) is 31.7 Å². The second-order valence-electron chi connectivity index (χ2n) is 4.98. The smallest absolute Gasteiger partial charge is 0.238 e. The molecule has 0 aliphatic carbocycles. The number of benzene rings is 1. The van der Waals surface area contributed by atoms with Crippen LogP contribution in [0.15, 0.2) is 18.2 Å². The molecule has 1 aromatic carbocycles. The summed E-state index contributed by atoms with van der Waals surface area (Å²) in [6.07, 6.45) is 0. The molecule has 1 unspecified atom stereocenters. The minimum Gasteiger partial charge on any atom is -0.355 e. The van der Waals surface area contributed by atoms with Gasteiger partial charge in [0.1, 0.15) is 17.9 Å². The molecule has 2 N–H and O–H groups in total. The van der Waals surface area contributed by atoms with Crippen LogP contribution in [0.4, 0.5) is 4.39 Å². The molecular weight excluding hydrogens is 271 g/mol. The Labute approximate surface area is 123 Å². The van der Waals surface area contributed by atoms with E-state index in [1.165, 1.54) is 6.07 Å². The van der Waals surface area contributed by atoms with Crippen molar-refractivity contribution in [2.75, 3.05) is 26.2 Å². The Morgan fingerprint density at radius 2 is 2.43 bits per heavy atom. The molecule has 1 aliphatic heterocycles. The zero-order chi connectivity index (χ0) is 15.2. The van der Waals surface area contributed by atoms with Crippen molar-refractivity contribution in [1.29, 1.82) is 5.26 Å². The molecule has 2 rings (SSSR count). The van der Waals surface area contributed by atoms with Gasteiger partial charge in [0.2, 0.25) is 5.91 Å². The Bertz CT molecular complexity index is 555. The second kappa shape index (κ2) is 7.16. The number of piperazine rings is 1. The number of rotatable bonds is 4. The van der Waals surface area contributed by atoms with Crippen molar-refractivity contribution in [2.45, 2.75) is 19.5 Å². The molecule has 0 saturated carbocycles. The van der Waals surface area contributed by atoms with Gasteiger partial charge in [-0.25, -0.2) is 4.39 Å². The first-order valence-corrected chi connectivity index (χ1v) is 7.07. The van der Waals surface area contributed by atoms with E-state index in [2.05, 4.69) is 10.6 Å². The third-order valence-corrected chi connectivity index (χ3v) is 3.58. The summed E-state index contributed by atoms with van der Waals surface area (Å²) in [5, 5.41) is 14.9.